The van der Waals surface area contributed by atoms with Crippen LogP contribution >= 0.6 is 0 Å². The Hall–Kier alpha value is -2.90. The van der Waals surface area contributed by atoms with E-state index < -0.39 is 0 Å². The number of pyridine rings is 1. The lowest BCUT2D eigenvalue weighted by atomic mass is 10.1. The van der Waals surface area contributed by atoms with Gasteiger partial charge in [-0.1, -0.05) is 5.21 Å². The summed E-state index contributed by atoms with van der Waals surface area (Å²) >= 11 is 0. The van der Waals surface area contributed by atoms with E-state index in [1.165, 1.54) is 0 Å². The number of nitrogens with zero attached hydrogens (tertiary/aromatic N) is 4. The molecule has 0 atom stereocenters. The summed E-state index contributed by atoms with van der Waals surface area (Å²) in [5, 5.41) is 17.8. The smallest absolute Gasteiger partial charge is 0.193 e. The van der Waals surface area contributed by atoms with Gasteiger partial charge in [-0.2, -0.15) is 5.21 Å². The third-order valence-electron chi connectivity index (χ3n) is 3.34. The van der Waals surface area contributed by atoms with E-state index in [1.54, 1.807) is 14.2 Å². The number of rotatable bonds is 5. The number of hydrogen-bond donors (Lipinski definition) is 2. The van der Waals surface area contributed by atoms with E-state index >= 15 is 0 Å². The molecule has 114 valence electrons. The zero-order valence-electron chi connectivity index (χ0n) is 12.5. The van der Waals surface area contributed by atoms with Crippen LogP contribution in [0, 0.1) is 6.92 Å². The number of hydrogen-bond acceptors (Lipinski definition) is 7. The monoisotopic (exact) mass is 300 g/mol. The van der Waals surface area contributed by atoms with Gasteiger partial charge in [0.15, 0.2) is 5.82 Å². The quantitative estimate of drug-likeness (QED) is 0.739. The van der Waals surface area contributed by atoms with Crippen LogP contribution in [0.25, 0.3) is 10.9 Å². The van der Waals surface area contributed by atoms with Crippen molar-refractivity contribution in [3.8, 4) is 11.5 Å². The first-order valence-corrected chi connectivity index (χ1v) is 6.71. The highest BCUT2D eigenvalue weighted by atomic mass is 16.5. The second kappa shape index (κ2) is 5.84. The van der Waals surface area contributed by atoms with Gasteiger partial charge in [0.25, 0.3) is 0 Å². The van der Waals surface area contributed by atoms with Crippen LogP contribution in [-0.4, -0.2) is 39.8 Å². The van der Waals surface area contributed by atoms with Gasteiger partial charge >= 0.3 is 0 Å². The van der Waals surface area contributed by atoms with Crippen LogP contribution in [0.5, 0.6) is 11.5 Å². The van der Waals surface area contributed by atoms with Gasteiger partial charge in [0, 0.05) is 5.39 Å². The fraction of sp³-hybridized carbons (Fsp3) is 0.286. The van der Waals surface area contributed by atoms with Gasteiger partial charge < -0.3 is 14.8 Å². The third-order valence-corrected chi connectivity index (χ3v) is 3.34. The van der Waals surface area contributed by atoms with Crippen LogP contribution in [0.3, 0.4) is 0 Å². The molecule has 0 bridgehead atoms. The number of ether oxygens (including phenoxy) is 2. The summed E-state index contributed by atoms with van der Waals surface area (Å²) in [6, 6.07) is 5.67. The average Bonchev–Trinajstić information content (AvgIpc) is 3.05. The molecule has 0 aliphatic carbocycles. The largest absolute Gasteiger partial charge is 0.496 e. The molecule has 0 unspecified atom stereocenters. The molecule has 0 radical (unpaired) electrons. The van der Waals surface area contributed by atoms with Crippen LogP contribution in [0.15, 0.2) is 18.2 Å². The van der Waals surface area contributed by atoms with E-state index in [0.29, 0.717) is 23.9 Å². The zero-order valence-corrected chi connectivity index (χ0v) is 12.5. The van der Waals surface area contributed by atoms with Crippen molar-refractivity contribution < 1.29 is 9.47 Å². The zero-order chi connectivity index (χ0) is 15.5. The van der Waals surface area contributed by atoms with Crippen LogP contribution < -0.4 is 14.8 Å². The molecular weight excluding hydrogens is 284 g/mol. The molecule has 0 saturated carbocycles. The SMILES string of the molecule is COc1ccc(OC)c2c(C)cc(NCc3nn[nH]n3)nc12. The number of benzene rings is 1. The molecule has 0 aliphatic rings. The molecular formula is C14H16N6O2. The average molecular weight is 300 g/mol. The Morgan fingerprint density at radius 2 is 1.95 bits per heavy atom. The normalized spacial score (nSPS) is 10.7. The molecule has 2 aromatic heterocycles. The van der Waals surface area contributed by atoms with Gasteiger partial charge in [0.05, 0.1) is 20.8 Å². The lowest BCUT2D eigenvalue weighted by molar-refractivity contribution is 0.409. The van der Waals surface area contributed by atoms with Crippen LogP contribution in [-0.2, 0) is 6.54 Å². The summed E-state index contributed by atoms with van der Waals surface area (Å²) in [5.74, 6) is 2.74. The minimum absolute atomic E-state index is 0.431. The summed E-state index contributed by atoms with van der Waals surface area (Å²) in [6.45, 7) is 2.44. The van der Waals surface area contributed by atoms with Crippen molar-refractivity contribution in [2.75, 3.05) is 19.5 Å². The third kappa shape index (κ3) is 2.50. The molecule has 2 N–H and O–H groups in total. The molecule has 8 nitrogen and oxygen atoms in total. The number of H-pyrrole nitrogens is 1. The first-order valence-electron chi connectivity index (χ1n) is 6.71. The number of anilines is 1. The number of aryl methyl sites for hydroxylation is 1. The van der Waals surface area contributed by atoms with Crippen molar-refractivity contribution in [2.24, 2.45) is 0 Å². The molecule has 22 heavy (non-hydrogen) atoms. The second-order valence-corrected chi connectivity index (χ2v) is 4.70. The van der Waals surface area contributed by atoms with Gasteiger partial charge in [0.2, 0.25) is 0 Å². The lowest BCUT2D eigenvalue weighted by Crippen LogP contribution is -2.04. The molecule has 0 amide bonds. The lowest BCUT2D eigenvalue weighted by Gasteiger charge is -2.13. The Labute approximate surface area is 126 Å². The number of nitrogens with one attached hydrogen (secondary N) is 2. The molecule has 0 spiro atoms. The molecule has 2 heterocycles. The van der Waals surface area contributed by atoms with E-state index in [2.05, 4.69) is 30.9 Å². The van der Waals surface area contributed by atoms with Crippen molar-refractivity contribution in [1.82, 2.24) is 25.6 Å². The predicted octanol–water partition coefficient (Wildman–Crippen LogP) is 1.69. The summed E-state index contributed by atoms with van der Waals surface area (Å²) in [4.78, 5) is 4.61. The number of aromatic nitrogens is 5. The van der Waals surface area contributed by atoms with E-state index in [1.807, 2.05) is 25.1 Å². The summed E-state index contributed by atoms with van der Waals surface area (Å²) in [7, 11) is 3.26. The van der Waals surface area contributed by atoms with Crippen molar-refractivity contribution in [3.63, 3.8) is 0 Å². The minimum Gasteiger partial charge on any atom is -0.496 e. The maximum atomic E-state index is 5.42. The Bertz CT molecular complexity index is 788. The van der Waals surface area contributed by atoms with E-state index in [9.17, 15) is 0 Å². The maximum absolute atomic E-state index is 5.42. The number of aromatic amines is 1. The Balaban J connectivity index is 2.02. The fourth-order valence-electron chi connectivity index (χ4n) is 2.33. The van der Waals surface area contributed by atoms with Crippen molar-refractivity contribution >= 4 is 16.7 Å². The van der Waals surface area contributed by atoms with E-state index in [4.69, 9.17) is 9.47 Å². The highest BCUT2D eigenvalue weighted by Crippen LogP contribution is 2.35. The highest BCUT2D eigenvalue weighted by Gasteiger charge is 2.13. The van der Waals surface area contributed by atoms with Crippen LogP contribution in [0.1, 0.15) is 11.4 Å². The summed E-state index contributed by atoms with van der Waals surface area (Å²) in [6.07, 6.45) is 0. The minimum atomic E-state index is 0.431. The van der Waals surface area contributed by atoms with Crippen LogP contribution in [0.4, 0.5) is 5.82 Å². The number of fused-ring (bicyclic) bond motifs is 1. The maximum Gasteiger partial charge on any atom is 0.193 e. The van der Waals surface area contributed by atoms with Gasteiger partial charge in [0.1, 0.15) is 22.8 Å². The van der Waals surface area contributed by atoms with Gasteiger partial charge in [-0.15, -0.1) is 10.2 Å². The molecule has 1 aromatic carbocycles. The van der Waals surface area contributed by atoms with Gasteiger partial charge in [-0.3, -0.25) is 0 Å². The summed E-state index contributed by atoms with van der Waals surface area (Å²) in [5.41, 5.74) is 1.79. The van der Waals surface area contributed by atoms with E-state index in [0.717, 1.165) is 22.2 Å². The Morgan fingerprint density at radius 3 is 2.64 bits per heavy atom. The number of methoxy groups -OCH3 is 2. The van der Waals surface area contributed by atoms with Gasteiger partial charge in [-0.05, 0) is 30.7 Å². The topological polar surface area (TPSA) is 97.8 Å². The predicted molar refractivity (Wildman–Crippen MR) is 81.1 cm³/mol. The molecule has 3 aromatic rings. The molecule has 8 heteroatoms. The van der Waals surface area contributed by atoms with Crippen LogP contribution in [0.2, 0.25) is 0 Å². The van der Waals surface area contributed by atoms with Gasteiger partial charge in [-0.25, -0.2) is 4.98 Å². The first kappa shape index (κ1) is 14.1. The Morgan fingerprint density at radius 1 is 1.18 bits per heavy atom. The second-order valence-electron chi connectivity index (χ2n) is 4.70. The standard InChI is InChI=1S/C14H16N6O2/c1-8-6-11(15-7-12-17-19-20-18-12)16-14-10(22-3)5-4-9(21-2)13(8)14/h4-6H,7H2,1-3H3,(H,15,16)(H,17,18,19,20). The molecule has 0 saturated heterocycles. The highest BCUT2D eigenvalue weighted by molar-refractivity contribution is 5.94. The van der Waals surface area contributed by atoms with Crippen molar-refractivity contribution in [2.45, 2.75) is 13.5 Å². The molecule has 0 fully saturated rings. The fourth-order valence-corrected chi connectivity index (χ4v) is 2.33. The first-order chi connectivity index (χ1) is 10.7. The number of tetrazole rings is 1. The van der Waals surface area contributed by atoms with E-state index in [-0.39, 0.29) is 0 Å². The summed E-state index contributed by atoms with van der Waals surface area (Å²) < 4.78 is 10.8. The molecule has 3 rings (SSSR count). The molecule has 0 aliphatic heterocycles. The Kier molecular flexibility index (Phi) is 3.73. The van der Waals surface area contributed by atoms with Crippen molar-refractivity contribution in [1.29, 1.82) is 0 Å². The van der Waals surface area contributed by atoms with Crippen molar-refractivity contribution in [3.05, 3.63) is 29.6 Å².